The van der Waals surface area contributed by atoms with E-state index >= 15 is 0 Å². The quantitative estimate of drug-likeness (QED) is 0.896. The molecule has 0 radical (unpaired) electrons. The summed E-state index contributed by atoms with van der Waals surface area (Å²) in [6, 6.07) is 7.52. The first-order valence-corrected chi connectivity index (χ1v) is 8.93. The Bertz CT molecular complexity index is 631. The minimum Gasteiger partial charge on any atom is -0.323 e. The molecule has 1 fully saturated rings. The molecule has 1 aromatic carbocycles. The third kappa shape index (κ3) is 3.31. The Morgan fingerprint density at radius 2 is 2.04 bits per heavy atom. The van der Waals surface area contributed by atoms with Crippen LogP contribution in [0.25, 0.3) is 0 Å². The number of nitrogens with zero attached hydrogens (tertiary/aromatic N) is 1. The summed E-state index contributed by atoms with van der Waals surface area (Å²) in [6.45, 7) is 6.54. The van der Waals surface area contributed by atoms with Gasteiger partial charge in [0.2, 0.25) is 11.8 Å². The van der Waals surface area contributed by atoms with E-state index in [2.05, 4.69) is 24.5 Å². The summed E-state index contributed by atoms with van der Waals surface area (Å²) in [7, 11) is 0. The van der Waals surface area contributed by atoms with Crippen LogP contribution in [0.3, 0.4) is 0 Å². The van der Waals surface area contributed by atoms with Crippen LogP contribution in [-0.2, 0) is 9.59 Å². The molecular formula is C19H27N3O2. The van der Waals surface area contributed by atoms with Crippen molar-refractivity contribution in [2.24, 2.45) is 11.8 Å². The molecule has 1 heterocycles. The zero-order valence-electron chi connectivity index (χ0n) is 14.7. The number of nitrogens with one attached hydrogen (secondary N) is 2. The number of hydrogen-bond acceptors (Lipinski definition) is 3. The van der Waals surface area contributed by atoms with E-state index in [-0.39, 0.29) is 24.4 Å². The van der Waals surface area contributed by atoms with Gasteiger partial charge in [0, 0.05) is 6.04 Å². The highest BCUT2D eigenvalue weighted by molar-refractivity contribution is 6.11. The van der Waals surface area contributed by atoms with Gasteiger partial charge in [0.15, 0.2) is 0 Å². The van der Waals surface area contributed by atoms with Gasteiger partial charge in [-0.15, -0.1) is 0 Å². The van der Waals surface area contributed by atoms with Gasteiger partial charge >= 0.3 is 0 Å². The fourth-order valence-corrected chi connectivity index (χ4v) is 3.87. The highest BCUT2D eigenvalue weighted by Gasteiger charge is 2.33. The van der Waals surface area contributed by atoms with E-state index in [0.717, 1.165) is 12.1 Å². The molecule has 5 heteroatoms. The van der Waals surface area contributed by atoms with Crippen LogP contribution in [0.1, 0.15) is 40.0 Å². The van der Waals surface area contributed by atoms with Crippen LogP contribution >= 0.6 is 0 Å². The Labute approximate surface area is 143 Å². The van der Waals surface area contributed by atoms with E-state index in [9.17, 15) is 9.59 Å². The Morgan fingerprint density at radius 1 is 1.29 bits per heavy atom. The molecule has 1 aliphatic heterocycles. The number of rotatable bonds is 3. The molecule has 1 saturated carbocycles. The second-order valence-corrected chi connectivity index (χ2v) is 7.25. The van der Waals surface area contributed by atoms with Crippen molar-refractivity contribution in [2.75, 3.05) is 16.8 Å². The Balaban J connectivity index is 1.73. The van der Waals surface area contributed by atoms with Crippen molar-refractivity contribution in [1.29, 1.82) is 0 Å². The SMILES string of the molecule is C[C@@H]1[C@@H](C)CCC[C@H]1N[C@@H](C)C(=O)N1CC(=O)Nc2ccccc21. The van der Waals surface area contributed by atoms with Crippen LogP contribution in [0.2, 0.25) is 0 Å². The molecule has 130 valence electrons. The minimum atomic E-state index is -0.304. The standard InChI is InChI=1S/C19H27N3O2/c1-12-7-6-9-15(13(12)2)20-14(3)19(24)22-11-18(23)21-16-8-4-5-10-17(16)22/h4-5,8,10,12-15,20H,6-7,9,11H2,1-3H3,(H,21,23)/t12-,13+,14-,15+/m0/s1. The lowest BCUT2D eigenvalue weighted by molar-refractivity contribution is -0.123. The molecule has 4 atom stereocenters. The summed E-state index contributed by atoms with van der Waals surface area (Å²) in [6.07, 6.45) is 3.58. The average molecular weight is 329 g/mol. The third-order valence-corrected chi connectivity index (χ3v) is 5.58. The number of amides is 2. The lowest BCUT2D eigenvalue weighted by Gasteiger charge is -2.37. The lowest BCUT2D eigenvalue weighted by Crippen LogP contribution is -2.54. The van der Waals surface area contributed by atoms with Crippen molar-refractivity contribution in [1.82, 2.24) is 5.32 Å². The van der Waals surface area contributed by atoms with Gasteiger partial charge in [-0.3, -0.25) is 14.5 Å². The van der Waals surface area contributed by atoms with Crippen molar-refractivity contribution in [3.63, 3.8) is 0 Å². The van der Waals surface area contributed by atoms with Crippen LogP contribution < -0.4 is 15.5 Å². The number of fused-ring (bicyclic) bond motifs is 1. The number of hydrogen-bond donors (Lipinski definition) is 2. The Morgan fingerprint density at radius 3 is 2.83 bits per heavy atom. The molecule has 5 nitrogen and oxygen atoms in total. The van der Waals surface area contributed by atoms with Crippen LogP contribution in [0, 0.1) is 11.8 Å². The topological polar surface area (TPSA) is 61.4 Å². The van der Waals surface area contributed by atoms with Gasteiger partial charge in [-0.2, -0.15) is 0 Å². The Hall–Kier alpha value is -1.88. The molecule has 0 spiro atoms. The van der Waals surface area contributed by atoms with E-state index in [1.807, 2.05) is 31.2 Å². The normalized spacial score (nSPS) is 28.0. The van der Waals surface area contributed by atoms with Gasteiger partial charge in [-0.25, -0.2) is 0 Å². The van der Waals surface area contributed by atoms with E-state index in [4.69, 9.17) is 0 Å². The van der Waals surface area contributed by atoms with Crippen LogP contribution in [0.15, 0.2) is 24.3 Å². The molecule has 1 aliphatic carbocycles. The zero-order valence-corrected chi connectivity index (χ0v) is 14.7. The largest absolute Gasteiger partial charge is 0.323 e. The first-order chi connectivity index (χ1) is 11.5. The average Bonchev–Trinajstić information content (AvgIpc) is 2.57. The molecule has 2 N–H and O–H groups in total. The highest BCUT2D eigenvalue weighted by Crippen LogP contribution is 2.31. The maximum atomic E-state index is 13.0. The molecule has 0 saturated heterocycles. The predicted octanol–water partition coefficient (Wildman–Crippen LogP) is 2.77. The van der Waals surface area contributed by atoms with E-state index in [1.165, 1.54) is 12.8 Å². The van der Waals surface area contributed by atoms with E-state index in [1.54, 1.807) is 4.90 Å². The van der Waals surface area contributed by atoms with E-state index < -0.39 is 0 Å². The summed E-state index contributed by atoms with van der Waals surface area (Å²) < 4.78 is 0. The lowest BCUT2D eigenvalue weighted by atomic mass is 9.78. The molecule has 0 unspecified atom stereocenters. The molecule has 3 rings (SSSR count). The second-order valence-electron chi connectivity index (χ2n) is 7.25. The fraction of sp³-hybridized carbons (Fsp3) is 0.579. The van der Waals surface area contributed by atoms with Gasteiger partial charge in [0.1, 0.15) is 6.54 Å². The van der Waals surface area contributed by atoms with Crippen LogP contribution in [0.5, 0.6) is 0 Å². The molecule has 2 amide bonds. The van der Waals surface area contributed by atoms with Gasteiger partial charge in [0.05, 0.1) is 17.4 Å². The van der Waals surface area contributed by atoms with Crippen LogP contribution in [-0.4, -0.2) is 30.4 Å². The van der Waals surface area contributed by atoms with Gasteiger partial charge in [-0.1, -0.05) is 38.8 Å². The van der Waals surface area contributed by atoms with Gasteiger partial charge in [0.25, 0.3) is 0 Å². The number of para-hydroxylation sites is 2. The Kier molecular flexibility index (Phi) is 4.90. The maximum Gasteiger partial charge on any atom is 0.244 e. The number of carbonyl (C=O) groups excluding carboxylic acids is 2. The molecule has 1 aromatic rings. The first-order valence-electron chi connectivity index (χ1n) is 8.93. The minimum absolute atomic E-state index is 0.0391. The van der Waals surface area contributed by atoms with Crippen molar-refractivity contribution < 1.29 is 9.59 Å². The fourth-order valence-electron chi connectivity index (χ4n) is 3.87. The van der Waals surface area contributed by atoms with Crippen molar-refractivity contribution in [2.45, 2.75) is 52.1 Å². The maximum absolute atomic E-state index is 13.0. The monoisotopic (exact) mass is 329 g/mol. The van der Waals surface area contributed by atoms with Crippen molar-refractivity contribution in [3.05, 3.63) is 24.3 Å². The summed E-state index contributed by atoms with van der Waals surface area (Å²) in [5.41, 5.74) is 1.48. The zero-order chi connectivity index (χ0) is 17.3. The summed E-state index contributed by atoms with van der Waals surface area (Å²) in [4.78, 5) is 26.5. The predicted molar refractivity (Wildman–Crippen MR) is 96.0 cm³/mol. The van der Waals surface area contributed by atoms with Gasteiger partial charge in [-0.05, 0) is 37.3 Å². The second kappa shape index (κ2) is 6.93. The summed E-state index contributed by atoms with van der Waals surface area (Å²) >= 11 is 0. The molecule has 0 bridgehead atoms. The highest BCUT2D eigenvalue weighted by atomic mass is 16.2. The summed E-state index contributed by atoms with van der Waals surface area (Å²) in [5.74, 6) is 1.06. The summed E-state index contributed by atoms with van der Waals surface area (Å²) in [5, 5.41) is 6.34. The van der Waals surface area contributed by atoms with Crippen LogP contribution in [0.4, 0.5) is 11.4 Å². The molecular weight excluding hydrogens is 302 g/mol. The number of benzene rings is 1. The number of anilines is 2. The smallest absolute Gasteiger partial charge is 0.244 e. The first kappa shape index (κ1) is 17.0. The molecule has 2 aliphatic rings. The third-order valence-electron chi connectivity index (χ3n) is 5.58. The van der Waals surface area contributed by atoms with Gasteiger partial charge < -0.3 is 10.6 Å². The van der Waals surface area contributed by atoms with Crippen molar-refractivity contribution in [3.8, 4) is 0 Å². The van der Waals surface area contributed by atoms with E-state index in [0.29, 0.717) is 23.6 Å². The molecule has 24 heavy (non-hydrogen) atoms. The van der Waals surface area contributed by atoms with Crippen molar-refractivity contribution >= 4 is 23.2 Å². The molecule has 0 aromatic heterocycles. The number of carbonyl (C=O) groups is 2.